The van der Waals surface area contributed by atoms with Gasteiger partial charge in [-0.2, -0.15) is 0 Å². The zero-order valence-electron chi connectivity index (χ0n) is 11.9. The second kappa shape index (κ2) is 5.37. The molecule has 2 heterocycles. The van der Waals surface area contributed by atoms with Crippen LogP contribution in [0.1, 0.15) is 0 Å². The number of rotatable bonds is 2. The summed E-state index contributed by atoms with van der Waals surface area (Å²) in [5.41, 5.74) is 2.64. The molecule has 2 aromatic carbocycles. The van der Waals surface area contributed by atoms with E-state index < -0.39 is 0 Å². The van der Waals surface area contributed by atoms with E-state index in [9.17, 15) is 5.11 Å². The van der Waals surface area contributed by atoms with Gasteiger partial charge in [-0.1, -0.05) is 29.8 Å². The number of halogens is 1. The van der Waals surface area contributed by atoms with Crippen LogP contribution >= 0.6 is 11.6 Å². The van der Waals surface area contributed by atoms with E-state index in [-0.39, 0.29) is 5.88 Å². The van der Waals surface area contributed by atoms with Crippen molar-refractivity contribution in [1.29, 1.82) is 0 Å². The van der Waals surface area contributed by atoms with E-state index in [0.29, 0.717) is 16.4 Å². The molecular formula is C17H11ClN4O. The maximum absolute atomic E-state index is 10.0. The molecule has 23 heavy (non-hydrogen) atoms. The largest absolute Gasteiger partial charge is 0.493 e. The summed E-state index contributed by atoms with van der Waals surface area (Å²) in [6.07, 6.45) is 1.65. The van der Waals surface area contributed by atoms with Crippen LogP contribution in [0.4, 0.5) is 11.4 Å². The first-order valence-electron chi connectivity index (χ1n) is 6.98. The Hall–Kier alpha value is -2.92. The van der Waals surface area contributed by atoms with E-state index in [0.717, 1.165) is 21.8 Å². The molecule has 2 aromatic heterocycles. The monoisotopic (exact) mass is 322 g/mol. The average molecular weight is 323 g/mol. The lowest BCUT2D eigenvalue weighted by molar-refractivity contribution is 0.459. The van der Waals surface area contributed by atoms with Gasteiger partial charge >= 0.3 is 0 Å². The van der Waals surface area contributed by atoms with Crippen LogP contribution in [-0.4, -0.2) is 15.1 Å². The molecule has 4 aromatic rings. The molecule has 0 aliphatic heterocycles. The smallest absolute Gasteiger partial charge is 0.218 e. The molecule has 2 N–H and O–H groups in total. The average Bonchev–Trinajstić information content (AvgIpc) is 2.88. The first kappa shape index (κ1) is 13.7. The lowest BCUT2D eigenvalue weighted by Crippen LogP contribution is -1.78. The molecule has 0 aliphatic carbocycles. The lowest BCUT2D eigenvalue weighted by Gasteiger charge is -2.00. The van der Waals surface area contributed by atoms with Gasteiger partial charge in [0, 0.05) is 22.0 Å². The predicted molar refractivity (Wildman–Crippen MR) is 90.9 cm³/mol. The number of para-hydroxylation sites is 1. The van der Waals surface area contributed by atoms with Gasteiger partial charge < -0.3 is 10.1 Å². The van der Waals surface area contributed by atoms with E-state index in [1.807, 2.05) is 30.3 Å². The van der Waals surface area contributed by atoms with Crippen molar-refractivity contribution in [3.8, 4) is 5.88 Å². The van der Waals surface area contributed by atoms with Gasteiger partial charge in [0.15, 0.2) is 5.69 Å². The molecule has 0 fully saturated rings. The first-order chi connectivity index (χ1) is 11.2. The fourth-order valence-electron chi connectivity index (χ4n) is 2.51. The molecule has 0 amide bonds. The molecule has 0 bridgehead atoms. The quantitative estimate of drug-likeness (QED) is 0.479. The summed E-state index contributed by atoms with van der Waals surface area (Å²) in [6.45, 7) is 0. The number of nitrogens with zero attached hydrogens (tertiary/aromatic N) is 3. The number of aromatic nitrogens is 2. The van der Waals surface area contributed by atoms with E-state index in [4.69, 9.17) is 11.6 Å². The second-order valence-corrected chi connectivity index (χ2v) is 5.50. The third-order valence-corrected chi connectivity index (χ3v) is 3.83. The van der Waals surface area contributed by atoms with Crippen LogP contribution in [0.5, 0.6) is 5.88 Å². The SMILES string of the molecule is Oc1[nH]c2ccccc2c1N=Nc1ccnc2cc(Cl)ccc12. The van der Waals surface area contributed by atoms with E-state index in [2.05, 4.69) is 20.2 Å². The zero-order valence-corrected chi connectivity index (χ0v) is 12.6. The highest BCUT2D eigenvalue weighted by molar-refractivity contribution is 6.31. The maximum atomic E-state index is 10.0. The summed E-state index contributed by atoms with van der Waals surface area (Å²) in [4.78, 5) is 7.15. The fraction of sp³-hybridized carbons (Fsp3) is 0. The Balaban J connectivity index is 1.83. The molecule has 5 nitrogen and oxygen atoms in total. The lowest BCUT2D eigenvalue weighted by atomic mass is 10.2. The van der Waals surface area contributed by atoms with Crippen molar-refractivity contribution in [2.24, 2.45) is 10.2 Å². The third kappa shape index (κ3) is 2.41. The summed E-state index contributed by atoms with van der Waals surface area (Å²) >= 11 is 5.98. The van der Waals surface area contributed by atoms with Gasteiger partial charge in [0.05, 0.1) is 16.7 Å². The Labute approximate surface area is 136 Å². The van der Waals surface area contributed by atoms with Gasteiger partial charge in [-0.25, -0.2) is 0 Å². The number of benzene rings is 2. The van der Waals surface area contributed by atoms with Crippen LogP contribution < -0.4 is 0 Å². The normalized spacial score (nSPS) is 11.7. The van der Waals surface area contributed by atoms with Gasteiger partial charge in [0.1, 0.15) is 0 Å². The Bertz CT molecular complexity index is 1060. The molecule has 6 heteroatoms. The molecule has 0 saturated carbocycles. The van der Waals surface area contributed by atoms with Crippen LogP contribution in [0.2, 0.25) is 5.02 Å². The molecule has 0 radical (unpaired) electrons. The zero-order chi connectivity index (χ0) is 15.8. The number of aromatic amines is 1. The maximum Gasteiger partial charge on any atom is 0.218 e. The minimum atomic E-state index is -0.00337. The van der Waals surface area contributed by atoms with Crippen molar-refractivity contribution in [2.45, 2.75) is 0 Å². The third-order valence-electron chi connectivity index (χ3n) is 3.60. The number of hydrogen-bond donors (Lipinski definition) is 2. The molecular weight excluding hydrogens is 312 g/mol. The number of nitrogens with one attached hydrogen (secondary N) is 1. The number of fused-ring (bicyclic) bond motifs is 2. The molecule has 0 unspecified atom stereocenters. The van der Waals surface area contributed by atoms with Gasteiger partial charge in [0.2, 0.25) is 5.88 Å². The Morgan fingerprint density at radius 1 is 1.00 bits per heavy atom. The summed E-state index contributed by atoms with van der Waals surface area (Å²) in [6, 6.07) is 14.7. The van der Waals surface area contributed by atoms with Crippen molar-refractivity contribution in [2.75, 3.05) is 0 Å². The molecule has 0 atom stereocenters. The van der Waals surface area contributed by atoms with Gasteiger partial charge in [-0.05, 0) is 30.3 Å². The minimum absolute atomic E-state index is 0.00337. The Kier molecular flexibility index (Phi) is 3.20. The van der Waals surface area contributed by atoms with E-state index in [1.165, 1.54) is 0 Å². The Morgan fingerprint density at radius 2 is 1.87 bits per heavy atom. The van der Waals surface area contributed by atoms with Crippen LogP contribution in [0.25, 0.3) is 21.8 Å². The summed E-state index contributed by atoms with van der Waals surface area (Å²) < 4.78 is 0. The van der Waals surface area contributed by atoms with Gasteiger partial charge in [-0.15, -0.1) is 10.2 Å². The number of H-pyrrole nitrogens is 1. The predicted octanol–water partition coefficient (Wildman–Crippen LogP) is 5.49. The van der Waals surface area contributed by atoms with E-state index in [1.54, 1.807) is 24.4 Å². The van der Waals surface area contributed by atoms with Gasteiger partial charge in [-0.3, -0.25) is 4.98 Å². The standard InChI is InChI=1S/C17H11ClN4O/c18-10-5-6-11-14(7-8-19-15(11)9-10)21-22-16-12-3-1-2-4-13(12)20-17(16)23/h1-9,20,23H. The fourth-order valence-corrected chi connectivity index (χ4v) is 2.68. The van der Waals surface area contributed by atoms with Crippen LogP contribution in [-0.2, 0) is 0 Å². The van der Waals surface area contributed by atoms with Gasteiger partial charge in [0.25, 0.3) is 0 Å². The van der Waals surface area contributed by atoms with Crippen molar-refractivity contribution in [1.82, 2.24) is 9.97 Å². The highest BCUT2D eigenvalue weighted by atomic mass is 35.5. The molecule has 0 saturated heterocycles. The summed E-state index contributed by atoms with van der Waals surface area (Å²) in [5, 5.41) is 20.8. The van der Waals surface area contributed by atoms with Crippen molar-refractivity contribution < 1.29 is 5.11 Å². The summed E-state index contributed by atoms with van der Waals surface area (Å²) in [5.74, 6) is -0.00337. The number of azo groups is 1. The van der Waals surface area contributed by atoms with Crippen molar-refractivity contribution in [3.05, 3.63) is 59.8 Å². The topological polar surface area (TPSA) is 73.6 Å². The van der Waals surface area contributed by atoms with Crippen LogP contribution in [0.15, 0.2) is 65.0 Å². The minimum Gasteiger partial charge on any atom is -0.493 e. The number of aromatic hydroxyl groups is 1. The highest BCUT2D eigenvalue weighted by Gasteiger charge is 2.10. The van der Waals surface area contributed by atoms with Crippen LogP contribution in [0, 0.1) is 0 Å². The molecule has 0 spiro atoms. The first-order valence-corrected chi connectivity index (χ1v) is 7.36. The molecule has 4 rings (SSSR count). The number of pyridine rings is 1. The van der Waals surface area contributed by atoms with E-state index >= 15 is 0 Å². The van der Waals surface area contributed by atoms with Crippen molar-refractivity contribution >= 4 is 44.8 Å². The highest BCUT2D eigenvalue weighted by Crippen LogP contribution is 2.37. The van der Waals surface area contributed by atoms with Crippen LogP contribution in [0.3, 0.4) is 0 Å². The number of hydrogen-bond acceptors (Lipinski definition) is 4. The molecule has 112 valence electrons. The molecule has 0 aliphatic rings. The summed E-state index contributed by atoms with van der Waals surface area (Å²) in [7, 11) is 0. The second-order valence-electron chi connectivity index (χ2n) is 5.06. The Morgan fingerprint density at radius 3 is 2.78 bits per heavy atom. The van der Waals surface area contributed by atoms with Crippen molar-refractivity contribution in [3.63, 3.8) is 0 Å².